The zero-order chi connectivity index (χ0) is 12.9. The van der Waals surface area contributed by atoms with Crippen molar-refractivity contribution in [3.05, 3.63) is 0 Å². The fourth-order valence-electron chi connectivity index (χ4n) is 4.33. The van der Waals surface area contributed by atoms with E-state index in [4.69, 9.17) is 0 Å². The molecule has 2 saturated carbocycles. The molecule has 2 heteroatoms. The molecule has 0 aromatic heterocycles. The van der Waals surface area contributed by atoms with Crippen LogP contribution in [0.4, 0.5) is 0 Å². The Morgan fingerprint density at radius 2 is 1.76 bits per heavy atom. The van der Waals surface area contributed by atoms with Gasteiger partial charge in [-0.15, -0.1) is 0 Å². The first-order valence-corrected chi connectivity index (χ1v) is 7.10. The van der Waals surface area contributed by atoms with Crippen LogP contribution < -0.4 is 0 Å². The zero-order valence-corrected chi connectivity index (χ0v) is 11.8. The highest BCUT2D eigenvalue weighted by molar-refractivity contribution is 5.03. The van der Waals surface area contributed by atoms with Gasteiger partial charge in [-0.3, -0.25) is 0 Å². The zero-order valence-electron chi connectivity index (χ0n) is 11.8. The summed E-state index contributed by atoms with van der Waals surface area (Å²) in [5.41, 5.74) is -0.838. The van der Waals surface area contributed by atoms with Crippen molar-refractivity contribution in [1.29, 1.82) is 0 Å². The van der Waals surface area contributed by atoms with Crippen molar-refractivity contribution in [3.8, 4) is 0 Å². The van der Waals surface area contributed by atoms with E-state index in [2.05, 4.69) is 6.92 Å². The maximum Gasteiger partial charge on any atom is 0.0653 e. The summed E-state index contributed by atoms with van der Waals surface area (Å²) >= 11 is 0. The van der Waals surface area contributed by atoms with Crippen molar-refractivity contribution >= 4 is 0 Å². The molecule has 17 heavy (non-hydrogen) atoms. The minimum absolute atomic E-state index is 0.295. The van der Waals surface area contributed by atoms with Gasteiger partial charge in [0.15, 0.2) is 0 Å². The maximum atomic E-state index is 10.6. The first-order valence-electron chi connectivity index (χ1n) is 7.10. The van der Waals surface area contributed by atoms with E-state index in [0.29, 0.717) is 17.3 Å². The molecular weight excluding hydrogens is 212 g/mol. The van der Waals surface area contributed by atoms with Crippen molar-refractivity contribution < 1.29 is 10.2 Å². The summed E-state index contributed by atoms with van der Waals surface area (Å²) < 4.78 is 0. The molecular formula is C15H28O2. The van der Waals surface area contributed by atoms with Gasteiger partial charge in [0.2, 0.25) is 0 Å². The average Bonchev–Trinajstić information content (AvgIpc) is 2.14. The van der Waals surface area contributed by atoms with Gasteiger partial charge >= 0.3 is 0 Å². The first kappa shape index (κ1) is 13.4. The topological polar surface area (TPSA) is 40.5 Å². The minimum Gasteiger partial charge on any atom is -0.390 e. The Balaban J connectivity index is 2.20. The molecule has 4 atom stereocenters. The molecule has 2 aliphatic carbocycles. The molecule has 2 N–H and O–H groups in total. The normalized spacial score (nSPS) is 47.6. The molecule has 0 aromatic carbocycles. The van der Waals surface area contributed by atoms with Crippen LogP contribution in [0.5, 0.6) is 0 Å². The average molecular weight is 240 g/mol. The van der Waals surface area contributed by atoms with Crippen LogP contribution >= 0.6 is 0 Å². The number of fused-ring (bicyclic) bond motifs is 1. The summed E-state index contributed by atoms with van der Waals surface area (Å²) in [6, 6.07) is 0. The van der Waals surface area contributed by atoms with E-state index >= 15 is 0 Å². The standard InChI is InChI=1S/C15H28O2/c1-13(2,16)11-6-9-14(3)7-5-8-15(4,17)12(14)10-11/h11-12,16-17H,5-10H2,1-4H3/t11?,12-,14-,15-/m0/s1. The van der Waals surface area contributed by atoms with Crippen molar-refractivity contribution in [3.63, 3.8) is 0 Å². The van der Waals surface area contributed by atoms with Gasteiger partial charge < -0.3 is 10.2 Å². The van der Waals surface area contributed by atoms with Crippen LogP contribution in [0.1, 0.15) is 66.2 Å². The molecule has 2 nitrogen and oxygen atoms in total. The Hall–Kier alpha value is -0.0800. The largest absolute Gasteiger partial charge is 0.390 e. The lowest BCUT2D eigenvalue weighted by Crippen LogP contribution is -2.53. The third kappa shape index (κ3) is 2.39. The molecule has 0 aromatic rings. The van der Waals surface area contributed by atoms with E-state index in [1.807, 2.05) is 20.8 Å². The van der Waals surface area contributed by atoms with Gasteiger partial charge in [0.1, 0.15) is 0 Å². The van der Waals surface area contributed by atoms with E-state index < -0.39 is 11.2 Å². The summed E-state index contributed by atoms with van der Waals surface area (Å²) in [5.74, 6) is 0.694. The second kappa shape index (κ2) is 3.96. The second-order valence-electron chi connectivity index (χ2n) is 7.54. The van der Waals surface area contributed by atoms with E-state index in [1.165, 1.54) is 6.42 Å². The molecule has 0 spiro atoms. The Labute approximate surface area is 105 Å². The highest BCUT2D eigenvalue weighted by atomic mass is 16.3. The predicted octanol–water partition coefficient (Wildman–Crippen LogP) is 3.11. The number of hydrogen-bond donors (Lipinski definition) is 2. The number of hydrogen-bond acceptors (Lipinski definition) is 2. The van der Waals surface area contributed by atoms with Gasteiger partial charge in [-0.2, -0.15) is 0 Å². The Morgan fingerprint density at radius 1 is 1.12 bits per heavy atom. The molecule has 0 heterocycles. The Morgan fingerprint density at radius 3 is 2.35 bits per heavy atom. The van der Waals surface area contributed by atoms with Crippen molar-refractivity contribution in [2.45, 2.75) is 77.4 Å². The van der Waals surface area contributed by atoms with E-state index in [-0.39, 0.29) is 0 Å². The number of aliphatic hydroxyl groups is 2. The highest BCUT2D eigenvalue weighted by Crippen LogP contribution is 2.56. The SMILES string of the molecule is CC(C)(O)C1CC[C@]2(C)CCC[C@](C)(O)[C@H]2C1. The van der Waals surface area contributed by atoms with E-state index in [0.717, 1.165) is 32.1 Å². The van der Waals surface area contributed by atoms with Crippen molar-refractivity contribution in [2.75, 3.05) is 0 Å². The molecule has 0 bridgehead atoms. The predicted molar refractivity (Wildman–Crippen MR) is 69.7 cm³/mol. The molecule has 0 saturated heterocycles. The van der Waals surface area contributed by atoms with Crippen LogP contribution in [0.25, 0.3) is 0 Å². The van der Waals surface area contributed by atoms with Gasteiger partial charge in [-0.1, -0.05) is 13.3 Å². The van der Waals surface area contributed by atoms with E-state index in [9.17, 15) is 10.2 Å². The highest BCUT2D eigenvalue weighted by Gasteiger charge is 2.52. The molecule has 2 aliphatic rings. The number of rotatable bonds is 1. The smallest absolute Gasteiger partial charge is 0.0653 e. The quantitative estimate of drug-likeness (QED) is 0.739. The first-order chi connectivity index (χ1) is 7.65. The summed E-state index contributed by atoms with van der Waals surface area (Å²) in [6.45, 7) is 8.17. The fourth-order valence-corrected chi connectivity index (χ4v) is 4.33. The van der Waals surface area contributed by atoms with Crippen molar-refractivity contribution in [1.82, 2.24) is 0 Å². The van der Waals surface area contributed by atoms with Gasteiger partial charge in [0, 0.05) is 0 Å². The summed E-state index contributed by atoms with van der Waals surface area (Å²) in [6.07, 6.45) is 6.55. The van der Waals surface area contributed by atoms with Gasteiger partial charge in [0.25, 0.3) is 0 Å². The third-order valence-corrected chi connectivity index (χ3v) is 5.61. The molecule has 0 amide bonds. The molecule has 0 aliphatic heterocycles. The van der Waals surface area contributed by atoms with Gasteiger partial charge in [-0.25, -0.2) is 0 Å². The van der Waals surface area contributed by atoms with E-state index in [1.54, 1.807) is 0 Å². The second-order valence-corrected chi connectivity index (χ2v) is 7.54. The van der Waals surface area contributed by atoms with Crippen LogP contribution in [0.15, 0.2) is 0 Å². The van der Waals surface area contributed by atoms with Crippen LogP contribution in [0, 0.1) is 17.3 Å². The monoisotopic (exact) mass is 240 g/mol. The molecule has 100 valence electrons. The van der Waals surface area contributed by atoms with Crippen LogP contribution in [-0.4, -0.2) is 21.4 Å². The molecule has 2 rings (SSSR count). The molecule has 0 radical (unpaired) electrons. The Bertz CT molecular complexity index is 290. The summed E-state index contributed by atoms with van der Waals surface area (Å²) in [7, 11) is 0. The lowest BCUT2D eigenvalue weighted by Gasteiger charge is -2.55. The summed E-state index contributed by atoms with van der Waals surface area (Å²) in [5, 5.41) is 20.8. The van der Waals surface area contributed by atoms with Crippen LogP contribution in [0.2, 0.25) is 0 Å². The Kier molecular flexibility index (Phi) is 3.11. The van der Waals surface area contributed by atoms with Crippen LogP contribution in [-0.2, 0) is 0 Å². The summed E-state index contributed by atoms with van der Waals surface area (Å²) in [4.78, 5) is 0. The lowest BCUT2D eigenvalue weighted by molar-refractivity contribution is -0.143. The maximum absolute atomic E-state index is 10.6. The van der Waals surface area contributed by atoms with Gasteiger partial charge in [0.05, 0.1) is 11.2 Å². The van der Waals surface area contributed by atoms with Crippen LogP contribution in [0.3, 0.4) is 0 Å². The van der Waals surface area contributed by atoms with Crippen molar-refractivity contribution in [2.24, 2.45) is 17.3 Å². The minimum atomic E-state index is -0.602. The lowest BCUT2D eigenvalue weighted by atomic mass is 9.52. The van der Waals surface area contributed by atoms with Gasteiger partial charge in [-0.05, 0) is 70.1 Å². The third-order valence-electron chi connectivity index (χ3n) is 5.61. The molecule has 1 unspecified atom stereocenters. The molecule has 2 fully saturated rings. The fraction of sp³-hybridized carbons (Fsp3) is 1.00.